The molecular formula is C14H28N2O3. The summed E-state index contributed by atoms with van der Waals surface area (Å²) in [5.41, 5.74) is -0.492. The molecule has 112 valence electrons. The molecule has 0 bridgehead atoms. The lowest BCUT2D eigenvalue weighted by molar-refractivity contribution is -0.137. The van der Waals surface area contributed by atoms with Gasteiger partial charge in [0, 0.05) is 25.6 Å². The summed E-state index contributed by atoms with van der Waals surface area (Å²) in [5, 5.41) is 11.4. The number of nitrogens with zero attached hydrogens (tertiary/aromatic N) is 1. The van der Waals surface area contributed by atoms with E-state index >= 15 is 0 Å². The van der Waals surface area contributed by atoms with Crippen molar-refractivity contribution in [3.05, 3.63) is 0 Å². The van der Waals surface area contributed by atoms with Crippen molar-refractivity contribution in [2.45, 2.75) is 53.0 Å². The Kier molecular flexibility index (Phi) is 7.68. The predicted molar refractivity (Wildman–Crippen MR) is 75.6 cm³/mol. The maximum absolute atomic E-state index is 12.0. The van der Waals surface area contributed by atoms with Gasteiger partial charge in [-0.15, -0.1) is 0 Å². The molecule has 0 aliphatic heterocycles. The van der Waals surface area contributed by atoms with E-state index in [1.807, 2.05) is 20.8 Å². The second-order valence-corrected chi connectivity index (χ2v) is 5.99. The maximum atomic E-state index is 12.0. The summed E-state index contributed by atoms with van der Waals surface area (Å²) < 4.78 is 0. The van der Waals surface area contributed by atoms with Crippen LogP contribution in [0.2, 0.25) is 0 Å². The van der Waals surface area contributed by atoms with Crippen molar-refractivity contribution in [2.75, 3.05) is 20.2 Å². The van der Waals surface area contributed by atoms with Crippen molar-refractivity contribution in [2.24, 2.45) is 5.41 Å². The largest absolute Gasteiger partial charge is 0.396 e. The highest BCUT2D eigenvalue weighted by Crippen LogP contribution is 2.13. The fourth-order valence-electron chi connectivity index (χ4n) is 1.55. The number of nitrogens with one attached hydrogen (secondary N) is 1. The van der Waals surface area contributed by atoms with Crippen LogP contribution in [0, 0.1) is 5.41 Å². The Hall–Kier alpha value is -1.10. The van der Waals surface area contributed by atoms with Crippen LogP contribution in [-0.4, -0.2) is 48.1 Å². The topological polar surface area (TPSA) is 69.6 Å². The van der Waals surface area contributed by atoms with Gasteiger partial charge in [-0.05, 0) is 26.2 Å². The number of carbonyl (C=O) groups excluding carboxylic acids is 2. The average molecular weight is 272 g/mol. The lowest BCUT2D eigenvalue weighted by Crippen LogP contribution is -2.48. The first-order valence-electron chi connectivity index (χ1n) is 6.87. The molecule has 0 fully saturated rings. The summed E-state index contributed by atoms with van der Waals surface area (Å²) in [5.74, 6) is -0.205. The molecule has 0 saturated heterocycles. The van der Waals surface area contributed by atoms with Crippen LogP contribution in [0.3, 0.4) is 0 Å². The molecule has 0 heterocycles. The minimum absolute atomic E-state index is 0.0819. The number of unbranched alkanes of at least 4 members (excludes halogenated alkanes) is 2. The van der Waals surface area contributed by atoms with Crippen LogP contribution in [-0.2, 0) is 9.59 Å². The van der Waals surface area contributed by atoms with Gasteiger partial charge >= 0.3 is 0 Å². The van der Waals surface area contributed by atoms with Crippen LogP contribution in [0.15, 0.2) is 0 Å². The Balaban J connectivity index is 4.14. The summed E-state index contributed by atoms with van der Waals surface area (Å²) in [6, 6.07) is -0.505. The van der Waals surface area contributed by atoms with Crippen LogP contribution >= 0.6 is 0 Å². The van der Waals surface area contributed by atoms with Gasteiger partial charge in [0.05, 0.1) is 0 Å². The van der Waals surface area contributed by atoms with E-state index in [1.165, 1.54) is 0 Å². The Labute approximate surface area is 116 Å². The molecule has 0 rings (SSSR count). The molecule has 5 nitrogen and oxygen atoms in total. The van der Waals surface area contributed by atoms with E-state index in [2.05, 4.69) is 5.32 Å². The van der Waals surface area contributed by atoms with Crippen molar-refractivity contribution >= 4 is 11.8 Å². The highest BCUT2D eigenvalue weighted by molar-refractivity contribution is 5.89. The summed E-state index contributed by atoms with van der Waals surface area (Å²) in [6.45, 7) is 7.99. The molecule has 1 atom stereocenters. The van der Waals surface area contributed by atoms with Gasteiger partial charge in [0.1, 0.15) is 6.04 Å². The van der Waals surface area contributed by atoms with Crippen molar-refractivity contribution < 1.29 is 14.7 Å². The summed E-state index contributed by atoms with van der Waals surface area (Å²) in [4.78, 5) is 25.5. The van der Waals surface area contributed by atoms with Gasteiger partial charge in [0.25, 0.3) is 0 Å². The molecule has 0 saturated carbocycles. The van der Waals surface area contributed by atoms with Gasteiger partial charge < -0.3 is 15.3 Å². The van der Waals surface area contributed by atoms with E-state index in [9.17, 15) is 9.59 Å². The summed E-state index contributed by atoms with van der Waals surface area (Å²) in [7, 11) is 1.74. The zero-order chi connectivity index (χ0) is 15.1. The van der Waals surface area contributed by atoms with Crippen LogP contribution in [0.1, 0.15) is 47.0 Å². The molecule has 0 aromatic carbocycles. The Morgan fingerprint density at radius 3 is 2.26 bits per heavy atom. The molecule has 5 heteroatoms. The molecule has 0 aliphatic carbocycles. The van der Waals surface area contributed by atoms with Crippen molar-refractivity contribution in [1.29, 1.82) is 0 Å². The average Bonchev–Trinajstić information content (AvgIpc) is 2.32. The lowest BCUT2D eigenvalue weighted by Gasteiger charge is -2.25. The van der Waals surface area contributed by atoms with E-state index in [0.29, 0.717) is 6.54 Å². The van der Waals surface area contributed by atoms with Gasteiger partial charge in [0.2, 0.25) is 11.8 Å². The number of carbonyl (C=O) groups is 2. The van der Waals surface area contributed by atoms with Crippen molar-refractivity contribution in [3.8, 4) is 0 Å². The van der Waals surface area contributed by atoms with E-state index in [1.54, 1.807) is 18.9 Å². The normalized spacial score (nSPS) is 12.9. The van der Waals surface area contributed by atoms with Crippen molar-refractivity contribution in [1.82, 2.24) is 10.2 Å². The fourth-order valence-corrected chi connectivity index (χ4v) is 1.55. The SMILES string of the molecule is CC(NC(=O)C(C)(C)C)C(=O)N(C)CCCCCO. The third kappa shape index (κ3) is 7.15. The third-order valence-electron chi connectivity index (χ3n) is 2.93. The molecule has 1 unspecified atom stereocenters. The zero-order valence-electron chi connectivity index (χ0n) is 12.8. The third-order valence-corrected chi connectivity index (χ3v) is 2.93. The predicted octanol–water partition coefficient (Wildman–Crippen LogP) is 1.16. The van der Waals surface area contributed by atoms with Gasteiger partial charge in [0.15, 0.2) is 0 Å². The van der Waals surface area contributed by atoms with Gasteiger partial charge in [-0.2, -0.15) is 0 Å². The molecular weight excluding hydrogens is 244 g/mol. The van der Waals surface area contributed by atoms with Gasteiger partial charge in [-0.3, -0.25) is 9.59 Å². The quantitative estimate of drug-likeness (QED) is 0.683. The fraction of sp³-hybridized carbons (Fsp3) is 0.857. The van der Waals surface area contributed by atoms with E-state index in [0.717, 1.165) is 19.3 Å². The second-order valence-electron chi connectivity index (χ2n) is 5.99. The Bertz CT molecular complexity index is 298. The number of amides is 2. The first-order chi connectivity index (χ1) is 8.70. The number of likely N-dealkylation sites (N-methyl/N-ethyl adjacent to an activating group) is 1. The number of aliphatic hydroxyl groups excluding tert-OH is 1. The molecule has 0 aliphatic rings. The number of hydrogen-bond donors (Lipinski definition) is 2. The van der Waals surface area contributed by atoms with Crippen LogP contribution in [0.25, 0.3) is 0 Å². The monoisotopic (exact) mass is 272 g/mol. The number of rotatable bonds is 7. The molecule has 2 N–H and O–H groups in total. The Morgan fingerprint density at radius 2 is 1.79 bits per heavy atom. The lowest BCUT2D eigenvalue weighted by atomic mass is 9.95. The first kappa shape index (κ1) is 17.9. The van der Waals surface area contributed by atoms with E-state index < -0.39 is 11.5 Å². The highest BCUT2D eigenvalue weighted by Gasteiger charge is 2.26. The second kappa shape index (κ2) is 8.15. The van der Waals surface area contributed by atoms with Crippen molar-refractivity contribution in [3.63, 3.8) is 0 Å². The zero-order valence-corrected chi connectivity index (χ0v) is 12.8. The van der Waals surface area contributed by atoms with Crippen LogP contribution < -0.4 is 5.32 Å². The first-order valence-corrected chi connectivity index (χ1v) is 6.87. The minimum atomic E-state index is -0.505. The standard InChI is InChI=1S/C14H28N2O3/c1-11(15-13(19)14(2,3)4)12(18)16(5)9-7-6-8-10-17/h11,17H,6-10H2,1-5H3,(H,15,19). The van der Waals surface area contributed by atoms with E-state index in [4.69, 9.17) is 5.11 Å². The van der Waals surface area contributed by atoms with Gasteiger partial charge in [-0.1, -0.05) is 20.8 Å². The summed E-state index contributed by atoms with van der Waals surface area (Å²) >= 11 is 0. The molecule has 0 spiro atoms. The molecule has 19 heavy (non-hydrogen) atoms. The highest BCUT2D eigenvalue weighted by atomic mass is 16.3. The summed E-state index contributed by atoms with van der Waals surface area (Å²) in [6.07, 6.45) is 2.53. The number of aliphatic hydroxyl groups is 1. The molecule has 0 radical (unpaired) electrons. The smallest absolute Gasteiger partial charge is 0.244 e. The minimum Gasteiger partial charge on any atom is -0.396 e. The van der Waals surface area contributed by atoms with E-state index in [-0.39, 0.29) is 18.4 Å². The molecule has 0 aromatic heterocycles. The van der Waals surface area contributed by atoms with Gasteiger partial charge in [-0.25, -0.2) is 0 Å². The Morgan fingerprint density at radius 1 is 1.21 bits per heavy atom. The molecule has 0 aromatic rings. The number of hydrogen-bond acceptors (Lipinski definition) is 3. The van der Waals surface area contributed by atoms with Crippen LogP contribution in [0.5, 0.6) is 0 Å². The maximum Gasteiger partial charge on any atom is 0.244 e. The molecule has 2 amide bonds. The van der Waals surface area contributed by atoms with Crippen LogP contribution in [0.4, 0.5) is 0 Å².